The second-order valence-electron chi connectivity index (χ2n) is 5.95. The first kappa shape index (κ1) is 15.2. The molecule has 1 unspecified atom stereocenters. The van der Waals surface area contributed by atoms with Crippen LogP contribution >= 0.6 is 0 Å². The lowest BCUT2D eigenvalue weighted by Crippen LogP contribution is -2.37. The summed E-state index contributed by atoms with van der Waals surface area (Å²) < 4.78 is 5.61. The zero-order chi connectivity index (χ0) is 14.4. The average molecular weight is 276 g/mol. The topological polar surface area (TPSA) is 24.5 Å². The van der Waals surface area contributed by atoms with Gasteiger partial charge in [0.25, 0.3) is 0 Å². The van der Waals surface area contributed by atoms with Gasteiger partial charge < -0.3 is 15.0 Å². The summed E-state index contributed by atoms with van der Waals surface area (Å²) in [6.07, 6.45) is 3.64. The normalized spacial score (nSPS) is 18.8. The smallest absolute Gasteiger partial charge is 0.119 e. The van der Waals surface area contributed by atoms with Gasteiger partial charge in [0, 0.05) is 11.7 Å². The van der Waals surface area contributed by atoms with E-state index in [1.54, 1.807) is 0 Å². The molecule has 1 fully saturated rings. The van der Waals surface area contributed by atoms with Crippen molar-refractivity contribution in [2.45, 2.75) is 39.2 Å². The van der Waals surface area contributed by atoms with Gasteiger partial charge in [-0.2, -0.15) is 0 Å². The van der Waals surface area contributed by atoms with E-state index < -0.39 is 0 Å². The van der Waals surface area contributed by atoms with Crippen molar-refractivity contribution in [2.24, 2.45) is 5.92 Å². The number of hydrogen-bond donors (Lipinski definition) is 1. The minimum absolute atomic E-state index is 0.533. The van der Waals surface area contributed by atoms with Crippen LogP contribution in [0, 0.1) is 5.92 Å². The second-order valence-corrected chi connectivity index (χ2v) is 5.95. The third kappa shape index (κ3) is 4.41. The maximum atomic E-state index is 5.61. The van der Waals surface area contributed by atoms with Crippen LogP contribution in [-0.2, 0) is 0 Å². The predicted octanol–water partition coefficient (Wildman–Crippen LogP) is 3.62. The molecule has 112 valence electrons. The van der Waals surface area contributed by atoms with E-state index in [2.05, 4.69) is 55.4 Å². The van der Waals surface area contributed by atoms with Crippen LogP contribution in [0.2, 0.25) is 0 Å². The third-order valence-corrected chi connectivity index (χ3v) is 4.19. The summed E-state index contributed by atoms with van der Waals surface area (Å²) in [6.45, 7) is 7.66. The zero-order valence-corrected chi connectivity index (χ0v) is 13.1. The van der Waals surface area contributed by atoms with E-state index in [1.807, 2.05) is 0 Å². The van der Waals surface area contributed by atoms with Crippen molar-refractivity contribution >= 4 is 5.69 Å². The molecule has 0 spiro atoms. The maximum absolute atomic E-state index is 5.61. The number of benzene rings is 1. The number of nitrogens with one attached hydrogen (secondary N) is 1. The van der Waals surface area contributed by atoms with Crippen LogP contribution in [0.15, 0.2) is 24.3 Å². The van der Waals surface area contributed by atoms with Crippen LogP contribution in [0.4, 0.5) is 5.69 Å². The van der Waals surface area contributed by atoms with Crippen LogP contribution in [0.3, 0.4) is 0 Å². The number of nitrogens with zero attached hydrogens (tertiary/aromatic N) is 1. The Kier molecular flexibility index (Phi) is 5.72. The van der Waals surface area contributed by atoms with Gasteiger partial charge in [-0.05, 0) is 76.5 Å². The van der Waals surface area contributed by atoms with Crippen LogP contribution < -0.4 is 10.1 Å². The molecule has 2 rings (SSSR count). The lowest BCUT2D eigenvalue weighted by molar-refractivity contribution is 0.208. The van der Waals surface area contributed by atoms with Gasteiger partial charge in [0.15, 0.2) is 0 Å². The number of likely N-dealkylation sites (tertiary alicyclic amines) is 1. The van der Waals surface area contributed by atoms with Crippen molar-refractivity contribution in [1.82, 2.24) is 4.90 Å². The zero-order valence-electron chi connectivity index (χ0n) is 13.1. The van der Waals surface area contributed by atoms with Crippen molar-refractivity contribution < 1.29 is 4.74 Å². The molecule has 1 aromatic rings. The highest BCUT2D eigenvalue weighted by Crippen LogP contribution is 2.23. The molecule has 20 heavy (non-hydrogen) atoms. The molecule has 0 aliphatic carbocycles. The fraction of sp³-hybridized carbons (Fsp3) is 0.647. The van der Waals surface area contributed by atoms with Gasteiger partial charge in [-0.1, -0.05) is 6.92 Å². The van der Waals surface area contributed by atoms with Crippen LogP contribution in [0.1, 0.15) is 33.1 Å². The van der Waals surface area contributed by atoms with Crippen molar-refractivity contribution in [1.29, 1.82) is 0 Å². The van der Waals surface area contributed by atoms with E-state index in [0.29, 0.717) is 6.04 Å². The summed E-state index contributed by atoms with van der Waals surface area (Å²) in [7, 11) is 2.21. The Morgan fingerprint density at radius 3 is 2.50 bits per heavy atom. The first-order chi connectivity index (χ1) is 9.69. The van der Waals surface area contributed by atoms with Gasteiger partial charge in [0.2, 0.25) is 0 Å². The largest absolute Gasteiger partial charge is 0.494 e. The van der Waals surface area contributed by atoms with E-state index in [4.69, 9.17) is 4.74 Å². The van der Waals surface area contributed by atoms with E-state index in [0.717, 1.165) is 24.7 Å². The number of ether oxygens (including phenoxy) is 1. The van der Waals surface area contributed by atoms with Gasteiger partial charge in [-0.15, -0.1) is 0 Å². The van der Waals surface area contributed by atoms with E-state index in [9.17, 15) is 0 Å². The molecular weight excluding hydrogens is 248 g/mol. The number of piperidine rings is 1. The molecule has 1 aromatic carbocycles. The van der Waals surface area contributed by atoms with Crippen LogP contribution in [0.25, 0.3) is 0 Å². The number of rotatable bonds is 6. The fourth-order valence-electron chi connectivity index (χ4n) is 2.78. The van der Waals surface area contributed by atoms with Gasteiger partial charge in [-0.3, -0.25) is 0 Å². The van der Waals surface area contributed by atoms with Gasteiger partial charge in [0.05, 0.1) is 6.61 Å². The Labute approximate surface area is 123 Å². The molecular formula is C17H28N2O. The van der Waals surface area contributed by atoms with E-state index >= 15 is 0 Å². The quantitative estimate of drug-likeness (QED) is 0.859. The molecule has 1 N–H and O–H groups in total. The summed E-state index contributed by atoms with van der Waals surface area (Å²) >= 11 is 0. The Morgan fingerprint density at radius 2 is 1.90 bits per heavy atom. The lowest BCUT2D eigenvalue weighted by atomic mass is 9.90. The van der Waals surface area contributed by atoms with Gasteiger partial charge >= 0.3 is 0 Å². The van der Waals surface area contributed by atoms with Crippen molar-refractivity contribution in [2.75, 3.05) is 32.1 Å². The average Bonchev–Trinajstić information content (AvgIpc) is 2.47. The Hall–Kier alpha value is -1.22. The first-order valence-electron chi connectivity index (χ1n) is 7.87. The number of hydrogen-bond acceptors (Lipinski definition) is 3. The maximum Gasteiger partial charge on any atom is 0.119 e. The third-order valence-electron chi connectivity index (χ3n) is 4.19. The molecule has 1 saturated heterocycles. The molecule has 0 aromatic heterocycles. The summed E-state index contributed by atoms with van der Waals surface area (Å²) in [5.41, 5.74) is 1.19. The van der Waals surface area contributed by atoms with Gasteiger partial charge in [0.1, 0.15) is 5.75 Å². The molecule has 0 radical (unpaired) electrons. The van der Waals surface area contributed by atoms with Crippen molar-refractivity contribution in [3.63, 3.8) is 0 Å². The first-order valence-corrected chi connectivity index (χ1v) is 7.87. The summed E-state index contributed by atoms with van der Waals surface area (Å²) in [5.74, 6) is 1.74. The molecule has 0 amide bonds. The Morgan fingerprint density at radius 1 is 1.25 bits per heavy atom. The molecule has 1 atom stereocenters. The number of anilines is 1. The second kappa shape index (κ2) is 7.53. The highest BCUT2D eigenvalue weighted by molar-refractivity contribution is 5.47. The summed E-state index contributed by atoms with van der Waals surface area (Å²) in [5, 5.41) is 3.64. The molecule has 1 heterocycles. The van der Waals surface area contributed by atoms with Crippen LogP contribution in [-0.4, -0.2) is 37.7 Å². The minimum atomic E-state index is 0.533. The molecule has 1 aliphatic rings. The van der Waals surface area contributed by atoms with Gasteiger partial charge in [-0.25, -0.2) is 0 Å². The minimum Gasteiger partial charge on any atom is -0.494 e. The highest BCUT2D eigenvalue weighted by Gasteiger charge is 2.21. The van der Waals surface area contributed by atoms with Crippen molar-refractivity contribution in [3.8, 4) is 5.75 Å². The highest BCUT2D eigenvalue weighted by atomic mass is 16.5. The van der Waals surface area contributed by atoms with E-state index in [1.165, 1.54) is 31.6 Å². The van der Waals surface area contributed by atoms with E-state index in [-0.39, 0.29) is 0 Å². The predicted molar refractivity (Wildman–Crippen MR) is 85.5 cm³/mol. The molecule has 0 bridgehead atoms. The molecule has 0 saturated carbocycles. The monoisotopic (exact) mass is 276 g/mol. The fourth-order valence-corrected chi connectivity index (χ4v) is 2.78. The Balaban J connectivity index is 1.83. The standard InChI is InChI=1S/C17H28N2O/c1-4-13-20-17-7-5-16(6-8-17)18-14(2)15-9-11-19(3)12-10-15/h5-8,14-15,18H,4,9-13H2,1-3H3. The summed E-state index contributed by atoms with van der Waals surface area (Å²) in [4.78, 5) is 2.42. The van der Waals surface area contributed by atoms with Crippen LogP contribution in [0.5, 0.6) is 5.75 Å². The van der Waals surface area contributed by atoms with Crippen molar-refractivity contribution in [3.05, 3.63) is 24.3 Å². The molecule has 1 aliphatic heterocycles. The molecule has 3 heteroatoms. The Bertz CT molecular complexity index is 382. The summed E-state index contributed by atoms with van der Waals surface area (Å²) in [6, 6.07) is 8.89. The molecule has 3 nitrogen and oxygen atoms in total. The SMILES string of the molecule is CCCOc1ccc(NC(C)C2CCN(C)CC2)cc1. The lowest BCUT2D eigenvalue weighted by Gasteiger charge is -2.33.